The molecule has 3 rings (SSSR count). The van der Waals surface area contributed by atoms with Gasteiger partial charge in [0.05, 0.1) is 19.3 Å². The molecule has 1 atom stereocenters. The molecule has 0 saturated carbocycles. The lowest BCUT2D eigenvalue weighted by atomic mass is 9.96. The first kappa shape index (κ1) is 28.0. The highest BCUT2D eigenvalue weighted by Crippen LogP contribution is 2.21. The van der Waals surface area contributed by atoms with Crippen LogP contribution in [0.15, 0.2) is 4.63 Å². The standard InChI is InChI=1S/C15H25N5O2.C6H8O7/c16-15-13(17-22-18-15)10-14(21)20-9-5-2-6-12(20)11-19-7-3-1-4-8-19;7-3(8)1-6(13,5(11)12)2-4(9)10/h12H,1-11H2,(H2,16,18);13H,1-2H2,(H,7,8)(H,9,10)(H,11,12). The zero-order valence-corrected chi connectivity index (χ0v) is 19.5. The van der Waals surface area contributed by atoms with Crippen molar-refractivity contribution in [3.8, 4) is 0 Å². The minimum absolute atomic E-state index is 0.0871. The average Bonchev–Trinajstić information content (AvgIpc) is 3.18. The fourth-order valence-corrected chi connectivity index (χ4v) is 4.25. The van der Waals surface area contributed by atoms with Crippen LogP contribution < -0.4 is 5.73 Å². The van der Waals surface area contributed by atoms with Crippen molar-refractivity contribution in [1.82, 2.24) is 20.1 Å². The van der Waals surface area contributed by atoms with E-state index in [0.717, 1.165) is 25.9 Å². The number of piperidine rings is 2. The van der Waals surface area contributed by atoms with Gasteiger partial charge in [-0.05, 0) is 50.4 Å². The molecule has 0 spiro atoms. The molecule has 2 fully saturated rings. The van der Waals surface area contributed by atoms with Crippen LogP contribution >= 0.6 is 0 Å². The Labute approximate surface area is 201 Å². The van der Waals surface area contributed by atoms with Gasteiger partial charge in [-0.2, -0.15) is 0 Å². The predicted octanol–water partition coefficient (Wildman–Crippen LogP) is -0.187. The Morgan fingerprint density at radius 3 is 2.06 bits per heavy atom. The molecule has 3 heterocycles. The van der Waals surface area contributed by atoms with Crippen molar-refractivity contribution in [2.75, 3.05) is 31.9 Å². The Balaban J connectivity index is 0.000000287. The summed E-state index contributed by atoms with van der Waals surface area (Å²) in [5.41, 5.74) is 3.37. The molecule has 1 aromatic heterocycles. The van der Waals surface area contributed by atoms with E-state index < -0.39 is 36.4 Å². The molecule has 0 bridgehead atoms. The van der Waals surface area contributed by atoms with Crippen molar-refractivity contribution in [2.24, 2.45) is 0 Å². The molecule has 0 radical (unpaired) electrons. The van der Waals surface area contributed by atoms with E-state index in [1.807, 2.05) is 4.90 Å². The molecule has 1 unspecified atom stereocenters. The Bertz CT molecular complexity index is 868. The maximum atomic E-state index is 12.6. The summed E-state index contributed by atoms with van der Waals surface area (Å²) in [7, 11) is 0. The third-order valence-corrected chi connectivity index (χ3v) is 6.06. The number of hydrogen-bond acceptors (Lipinski definition) is 10. The quantitative estimate of drug-likeness (QED) is 0.298. The average molecular weight is 500 g/mol. The number of nitrogens with zero attached hydrogens (tertiary/aromatic N) is 4. The van der Waals surface area contributed by atoms with Crippen LogP contribution in [0.1, 0.15) is 57.1 Å². The van der Waals surface area contributed by atoms with Crippen molar-refractivity contribution < 1.29 is 44.2 Å². The van der Waals surface area contributed by atoms with Gasteiger partial charge in [-0.25, -0.2) is 9.42 Å². The molecule has 2 aliphatic heterocycles. The molecule has 6 N–H and O–H groups in total. The van der Waals surface area contributed by atoms with Gasteiger partial charge in [-0.1, -0.05) is 11.6 Å². The minimum Gasteiger partial charge on any atom is -0.481 e. The van der Waals surface area contributed by atoms with Crippen LogP contribution in [0.5, 0.6) is 0 Å². The van der Waals surface area contributed by atoms with E-state index in [1.165, 1.54) is 38.8 Å². The lowest BCUT2D eigenvalue weighted by Gasteiger charge is -2.39. The number of rotatable bonds is 9. The summed E-state index contributed by atoms with van der Waals surface area (Å²) in [4.78, 5) is 47.6. The number of nitrogen functional groups attached to an aromatic ring is 1. The van der Waals surface area contributed by atoms with Gasteiger partial charge < -0.3 is 36.0 Å². The van der Waals surface area contributed by atoms with Crippen molar-refractivity contribution in [3.63, 3.8) is 0 Å². The van der Waals surface area contributed by atoms with Crippen LogP contribution in [0.4, 0.5) is 5.82 Å². The molecule has 0 aromatic carbocycles. The van der Waals surface area contributed by atoms with E-state index in [9.17, 15) is 19.2 Å². The van der Waals surface area contributed by atoms with E-state index in [-0.39, 0.29) is 18.1 Å². The summed E-state index contributed by atoms with van der Waals surface area (Å²) >= 11 is 0. The Kier molecular flexibility index (Phi) is 10.4. The van der Waals surface area contributed by atoms with E-state index in [2.05, 4.69) is 19.8 Å². The molecule has 196 valence electrons. The second kappa shape index (κ2) is 13.0. The smallest absolute Gasteiger partial charge is 0.336 e. The number of aromatic nitrogens is 2. The third-order valence-electron chi connectivity index (χ3n) is 6.06. The number of aliphatic carboxylic acids is 3. The number of amides is 1. The van der Waals surface area contributed by atoms with Gasteiger partial charge in [0, 0.05) is 19.1 Å². The number of carbonyl (C=O) groups is 4. The van der Waals surface area contributed by atoms with E-state index in [1.54, 1.807) is 0 Å². The first-order chi connectivity index (χ1) is 16.5. The lowest BCUT2D eigenvalue weighted by Crippen LogP contribution is -2.50. The Morgan fingerprint density at radius 2 is 1.54 bits per heavy atom. The minimum atomic E-state index is -2.74. The SMILES string of the molecule is Nc1nonc1CC(=O)N1CCCCC1CN1CCCCC1.O=C(O)CC(O)(CC(=O)O)C(=O)O. The summed E-state index contributed by atoms with van der Waals surface area (Å²) in [6.45, 7) is 4.16. The molecular formula is C21H33N5O9. The van der Waals surface area contributed by atoms with Gasteiger partial charge in [0.15, 0.2) is 11.4 Å². The zero-order valence-electron chi connectivity index (χ0n) is 19.5. The number of carbonyl (C=O) groups excluding carboxylic acids is 1. The van der Waals surface area contributed by atoms with Crippen molar-refractivity contribution in [1.29, 1.82) is 0 Å². The van der Waals surface area contributed by atoms with Crippen LogP contribution in [-0.2, 0) is 25.6 Å². The fourth-order valence-electron chi connectivity index (χ4n) is 4.25. The number of nitrogens with two attached hydrogens (primary N) is 1. The molecule has 14 nitrogen and oxygen atoms in total. The second-order valence-corrected chi connectivity index (χ2v) is 8.85. The number of hydrogen-bond donors (Lipinski definition) is 5. The normalized spacial score (nSPS) is 18.9. The van der Waals surface area contributed by atoms with Crippen molar-refractivity contribution in [2.45, 2.75) is 69.4 Å². The molecule has 1 amide bonds. The molecule has 2 aliphatic rings. The highest BCUT2D eigenvalue weighted by atomic mass is 16.6. The molecule has 1 aromatic rings. The van der Waals surface area contributed by atoms with E-state index in [4.69, 9.17) is 26.2 Å². The molecule has 2 saturated heterocycles. The monoisotopic (exact) mass is 499 g/mol. The molecular weight excluding hydrogens is 466 g/mol. The number of likely N-dealkylation sites (tertiary alicyclic amines) is 2. The molecule has 14 heteroatoms. The van der Waals surface area contributed by atoms with Gasteiger partial charge in [0.25, 0.3) is 0 Å². The summed E-state index contributed by atoms with van der Waals surface area (Å²) in [6, 6.07) is 0.320. The third kappa shape index (κ3) is 8.79. The lowest BCUT2D eigenvalue weighted by molar-refractivity contribution is -0.170. The molecule has 35 heavy (non-hydrogen) atoms. The van der Waals surface area contributed by atoms with E-state index in [0.29, 0.717) is 11.7 Å². The van der Waals surface area contributed by atoms with E-state index >= 15 is 0 Å². The molecule has 0 aliphatic carbocycles. The number of aliphatic hydroxyl groups is 1. The van der Waals surface area contributed by atoms with Crippen molar-refractivity contribution in [3.05, 3.63) is 5.69 Å². The van der Waals surface area contributed by atoms with Crippen LogP contribution in [-0.4, -0.2) is 102 Å². The topological polar surface area (TPSA) is 221 Å². The second-order valence-electron chi connectivity index (χ2n) is 8.85. The number of carboxylic acid groups (broad SMARTS) is 3. The van der Waals surface area contributed by atoms with Gasteiger partial charge in [-0.15, -0.1) is 0 Å². The summed E-state index contributed by atoms with van der Waals surface area (Å²) in [5.74, 6) is -4.71. The number of carboxylic acids is 3. The van der Waals surface area contributed by atoms with Gasteiger partial charge in [0.2, 0.25) is 5.91 Å². The first-order valence-corrected chi connectivity index (χ1v) is 11.5. The summed E-state index contributed by atoms with van der Waals surface area (Å²) < 4.78 is 4.58. The maximum absolute atomic E-state index is 12.6. The van der Waals surface area contributed by atoms with Crippen molar-refractivity contribution >= 4 is 29.6 Å². The Hall–Kier alpha value is -3.26. The predicted molar refractivity (Wildman–Crippen MR) is 119 cm³/mol. The van der Waals surface area contributed by atoms with Crippen LogP contribution in [0.3, 0.4) is 0 Å². The summed E-state index contributed by atoms with van der Waals surface area (Å²) in [5, 5.41) is 41.1. The largest absolute Gasteiger partial charge is 0.481 e. The summed E-state index contributed by atoms with van der Waals surface area (Å²) in [6.07, 6.45) is 5.17. The number of anilines is 1. The Morgan fingerprint density at radius 1 is 0.943 bits per heavy atom. The fraction of sp³-hybridized carbons (Fsp3) is 0.714. The zero-order chi connectivity index (χ0) is 26.0. The highest BCUT2D eigenvalue weighted by molar-refractivity contribution is 5.88. The van der Waals surface area contributed by atoms with Gasteiger partial charge in [0.1, 0.15) is 5.69 Å². The maximum Gasteiger partial charge on any atom is 0.336 e. The van der Waals surface area contributed by atoms with Gasteiger partial charge in [-0.3, -0.25) is 14.4 Å². The van der Waals surface area contributed by atoms with Crippen LogP contribution in [0, 0.1) is 0 Å². The van der Waals surface area contributed by atoms with Crippen LogP contribution in [0.25, 0.3) is 0 Å². The van der Waals surface area contributed by atoms with Gasteiger partial charge >= 0.3 is 17.9 Å². The first-order valence-electron chi connectivity index (χ1n) is 11.5. The van der Waals surface area contributed by atoms with Crippen LogP contribution in [0.2, 0.25) is 0 Å². The highest BCUT2D eigenvalue weighted by Gasteiger charge is 2.40.